The summed E-state index contributed by atoms with van der Waals surface area (Å²) in [4.78, 5) is 23.3. The highest BCUT2D eigenvalue weighted by atomic mass is 19.4. The van der Waals surface area contributed by atoms with Gasteiger partial charge in [0, 0.05) is 0 Å². The second kappa shape index (κ2) is 9.02. The number of amides is 1. The van der Waals surface area contributed by atoms with E-state index < -0.39 is 29.7 Å². The lowest BCUT2D eigenvalue weighted by Crippen LogP contribution is -2.41. The second-order valence-corrected chi connectivity index (χ2v) is 5.88. The number of hydrogen-bond acceptors (Lipinski definition) is 2. The standard InChI is InChI=1S/C20H18F3NO3/c21-20(22,23)16-11-9-15(10-12-16)13-18(25)24-17(19(26)27)8-4-7-14-5-2-1-3-6-14/h1-7,9-12,17H,8,13H2,(H,24,25)(H,26,27)/b7-4+/t17-/m1/s1. The van der Waals surface area contributed by atoms with Crippen molar-refractivity contribution >= 4 is 18.0 Å². The normalized spacial score (nSPS) is 12.7. The number of aliphatic carboxylic acids is 1. The van der Waals surface area contributed by atoms with Crippen molar-refractivity contribution in [1.29, 1.82) is 0 Å². The number of rotatable bonds is 7. The van der Waals surface area contributed by atoms with Crippen molar-refractivity contribution in [2.24, 2.45) is 0 Å². The van der Waals surface area contributed by atoms with Gasteiger partial charge in [-0.2, -0.15) is 13.2 Å². The monoisotopic (exact) mass is 377 g/mol. The molecule has 0 heterocycles. The summed E-state index contributed by atoms with van der Waals surface area (Å²) >= 11 is 0. The highest BCUT2D eigenvalue weighted by Gasteiger charge is 2.30. The van der Waals surface area contributed by atoms with E-state index in [9.17, 15) is 27.9 Å². The van der Waals surface area contributed by atoms with E-state index >= 15 is 0 Å². The molecule has 2 aromatic rings. The molecule has 142 valence electrons. The van der Waals surface area contributed by atoms with Gasteiger partial charge >= 0.3 is 12.1 Å². The molecule has 0 saturated heterocycles. The smallest absolute Gasteiger partial charge is 0.416 e. The van der Waals surface area contributed by atoms with Crippen LogP contribution in [-0.2, 0) is 22.2 Å². The van der Waals surface area contributed by atoms with E-state index in [4.69, 9.17) is 0 Å². The van der Waals surface area contributed by atoms with E-state index in [2.05, 4.69) is 5.32 Å². The average molecular weight is 377 g/mol. The van der Waals surface area contributed by atoms with E-state index in [1.165, 1.54) is 12.1 Å². The maximum atomic E-state index is 12.5. The molecule has 0 aromatic heterocycles. The van der Waals surface area contributed by atoms with Crippen LogP contribution in [0.25, 0.3) is 6.08 Å². The maximum absolute atomic E-state index is 12.5. The van der Waals surface area contributed by atoms with Crippen molar-refractivity contribution in [3.8, 4) is 0 Å². The molecule has 0 radical (unpaired) electrons. The quantitative estimate of drug-likeness (QED) is 0.769. The molecule has 0 saturated carbocycles. The van der Waals surface area contributed by atoms with Crippen molar-refractivity contribution in [3.63, 3.8) is 0 Å². The Morgan fingerprint density at radius 3 is 2.22 bits per heavy atom. The summed E-state index contributed by atoms with van der Waals surface area (Å²) in [5.41, 5.74) is 0.461. The van der Waals surface area contributed by atoms with Gasteiger partial charge in [0.1, 0.15) is 6.04 Å². The molecule has 2 rings (SSSR count). The van der Waals surface area contributed by atoms with Crippen LogP contribution in [0.5, 0.6) is 0 Å². The average Bonchev–Trinajstić information content (AvgIpc) is 2.61. The summed E-state index contributed by atoms with van der Waals surface area (Å²) in [6.07, 6.45) is -1.17. The van der Waals surface area contributed by atoms with Crippen molar-refractivity contribution in [2.45, 2.75) is 25.1 Å². The molecule has 2 aromatic carbocycles. The van der Waals surface area contributed by atoms with E-state index in [-0.39, 0.29) is 12.8 Å². The van der Waals surface area contributed by atoms with Gasteiger partial charge in [0.15, 0.2) is 0 Å². The molecule has 27 heavy (non-hydrogen) atoms. The van der Waals surface area contributed by atoms with Gasteiger partial charge in [-0.05, 0) is 29.7 Å². The van der Waals surface area contributed by atoms with Gasteiger partial charge in [-0.25, -0.2) is 4.79 Å². The Morgan fingerprint density at radius 2 is 1.67 bits per heavy atom. The molecular formula is C20H18F3NO3. The van der Waals surface area contributed by atoms with Crippen LogP contribution < -0.4 is 5.32 Å². The van der Waals surface area contributed by atoms with E-state index in [0.29, 0.717) is 5.56 Å². The minimum atomic E-state index is -4.44. The predicted octanol–water partition coefficient (Wildman–Crippen LogP) is 3.92. The summed E-state index contributed by atoms with van der Waals surface area (Å²) in [6.45, 7) is 0. The Bertz CT molecular complexity index is 799. The molecule has 1 amide bonds. The van der Waals surface area contributed by atoms with Crippen molar-refractivity contribution in [3.05, 3.63) is 77.4 Å². The van der Waals surface area contributed by atoms with E-state index in [0.717, 1.165) is 17.7 Å². The number of carboxylic acid groups (broad SMARTS) is 1. The Hall–Kier alpha value is -3.09. The number of carbonyl (C=O) groups excluding carboxylic acids is 1. The number of nitrogens with one attached hydrogen (secondary N) is 1. The largest absolute Gasteiger partial charge is 0.480 e. The number of alkyl halides is 3. The van der Waals surface area contributed by atoms with Crippen molar-refractivity contribution in [2.75, 3.05) is 0 Å². The first kappa shape index (κ1) is 20.2. The minimum Gasteiger partial charge on any atom is -0.480 e. The highest BCUT2D eigenvalue weighted by molar-refractivity contribution is 5.85. The molecule has 0 fully saturated rings. The van der Waals surface area contributed by atoms with E-state index in [1.807, 2.05) is 30.3 Å². The van der Waals surface area contributed by atoms with Crippen LogP contribution in [-0.4, -0.2) is 23.0 Å². The van der Waals surface area contributed by atoms with Crippen LogP contribution >= 0.6 is 0 Å². The van der Waals surface area contributed by atoms with Crippen LogP contribution in [0.3, 0.4) is 0 Å². The Balaban J connectivity index is 1.92. The number of carboxylic acids is 1. The third-order valence-corrected chi connectivity index (χ3v) is 3.76. The minimum absolute atomic E-state index is 0.0863. The Labute approximate surface area is 154 Å². The van der Waals surface area contributed by atoms with Crippen molar-refractivity contribution < 1.29 is 27.9 Å². The first-order valence-electron chi connectivity index (χ1n) is 8.15. The summed E-state index contributed by atoms with van der Waals surface area (Å²) in [5.74, 6) is -1.76. The van der Waals surface area contributed by atoms with E-state index in [1.54, 1.807) is 12.2 Å². The molecule has 7 heteroatoms. The maximum Gasteiger partial charge on any atom is 0.416 e. The fourth-order valence-corrected chi connectivity index (χ4v) is 2.37. The van der Waals surface area contributed by atoms with Crippen LogP contribution in [0, 0.1) is 0 Å². The van der Waals surface area contributed by atoms with Gasteiger partial charge in [0.25, 0.3) is 0 Å². The first-order chi connectivity index (χ1) is 12.8. The zero-order valence-corrected chi connectivity index (χ0v) is 14.2. The molecule has 4 nitrogen and oxygen atoms in total. The lowest BCUT2D eigenvalue weighted by molar-refractivity contribution is -0.141. The third kappa shape index (κ3) is 6.62. The molecule has 2 N–H and O–H groups in total. The van der Waals surface area contributed by atoms with Gasteiger partial charge in [0.2, 0.25) is 5.91 Å². The summed E-state index contributed by atoms with van der Waals surface area (Å²) in [7, 11) is 0. The number of halogens is 3. The topological polar surface area (TPSA) is 66.4 Å². The lowest BCUT2D eigenvalue weighted by atomic mass is 10.1. The Kier molecular flexibility index (Phi) is 6.76. The van der Waals surface area contributed by atoms with Gasteiger partial charge in [0.05, 0.1) is 12.0 Å². The number of carbonyl (C=O) groups is 2. The predicted molar refractivity (Wildman–Crippen MR) is 94.8 cm³/mol. The summed E-state index contributed by atoms with van der Waals surface area (Å²) < 4.78 is 37.6. The number of hydrogen-bond donors (Lipinski definition) is 2. The fourth-order valence-electron chi connectivity index (χ4n) is 2.37. The first-order valence-corrected chi connectivity index (χ1v) is 8.15. The molecule has 0 bridgehead atoms. The third-order valence-electron chi connectivity index (χ3n) is 3.76. The zero-order chi connectivity index (χ0) is 19.9. The SMILES string of the molecule is O=C(Cc1ccc(C(F)(F)F)cc1)N[C@H](C/C=C/c1ccccc1)C(=O)O. The molecule has 0 aliphatic heterocycles. The van der Waals surface area contributed by atoms with Crippen LogP contribution in [0.15, 0.2) is 60.7 Å². The van der Waals surface area contributed by atoms with Gasteiger partial charge in [-0.3, -0.25) is 4.79 Å². The molecule has 0 aliphatic rings. The number of benzene rings is 2. The lowest BCUT2D eigenvalue weighted by Gasteiger charge is -2.13. The molecule has 1 atom stereocenters. The Morgan fingerprint density at radius 1 is 1.04 bits per heavy atom. The van der Waals surface area contributed by atoms with Gasteiger partial charge in [-0.15, -0.1) is 0 Å². The zero-order valence-electron chi connectivity index (χ0n) is 14.2. The van der Waals surface area contributed by atoms with Gasteiger partial charge < -0.3 is 10.4 Å². The van der Waals surface area contributed by atoms with Crippen LogP contribution in [0.1, 0.15) is 23.1 Å². The molecule has 0 spiro atoms. The van der Waals surface area contributed by atoms with Crippen LogP contribution in [0.2, 0.25) is 0 Å². The van der Waals surface area contributed by atoms with Crippen molar-refractivity contribution in [1.82, 2.24) is 5.32 Å². The summed E-state index contributed by atoms with van der Waals surface area (Å²) in [5, 5.41) is 11.6. The second-order valence-electron chi connectivity index (χ2n) is 5.88. The molecule has 0 aliphatic carbocycles. The van der Waals surface area contributed by atoms with Crippen LogP contribution in [0.4, 0.5) is 13.2 Å². The highest BCUT2D eigenvalue weighted by Crippen LogP contribution is 2.29. The molecule has 0 unspecified atom stereocenters. The summed E-state index contributed by atoms with van der Waals surface area (Å²) in [6, 6.07) is 12.3. The molecular weight excluding hydrogens is 359 g/mol. The fraction of sp³-hybridized carbons (Fsp3) is 0.200. The van der Waals surface area contributed by atoms with Gasteiger partial charge in [-0.1, -0.05) is 54.6 Å².